The minimum atomic E-state index is -0.148. The Hall–Kier alpha value is -3.71. The van der Waals surface area contributed by atoms with E-state index in [-0.39, 0.29) is 11.9 Å². The Morgan fingerprint density at radius 2 is 1.85 bits per heavy atom. The highest BCUT2D eigenvalue weighted by atomic mass is 32.1. The van der Waals surface area contributed by atoms with Crippen LogP contribution in [0.1, 0.15) is 27.2 Å². The van der Waals surface area contributed by atoms with Crippen LogP contribution in [0.25, 0.3) is 10.1 Å². The van der Waals surface area contributed by atoms with Gasteiger partial charge in [0.1, 0.15) is 0 Å². The minimum absolute atomic E-state index is 0.148. The molecule has 1 atom stereocenters. The van der Waals surface area contributed by atoms with Crippen molar-refractivity contribution in [3.63, 3.8) is 0 Å². The van der Waals surface area contributed by atoms with E-state index in [0.29, 0.717) is 22.8 Å². The number of hydrogen-bond acceptors (Lipinski definition) is 6. The van der Waals surface area contributed by atoms with Gasteiger partial charge in [-0.2, -0.15) is 5.11 Å². The lowest BCUT2D eigenvalue weighted by molar-refractivity contribution is 0.103. The number of para-hydroxylation sites is 2. The molecule has 2 heterocycles. The zero-order valence-electron chi connectivity index (χ0n) is 18.1. The smallest absolute Gasteiger partial charge is 0.265 e. The van der Waals surface area contributed by atoms with Crippen LogP contribution in [-0.2, 0) is 13.0 Å². The number of fused-ring (bicyclic) bond motifs is 1. The number of anilines is 2. The van der Waals surface area contributed by atoms with Crippen LogP contribution >= 0.6 is 11.3 Å². The van der Waals surface area contributed by atoms with E-state index < -0.39 is 0 Å². The number of nitrogens with zero attached hydrogens (tertiary/aromatic N) is 3. The van der Waals surface area contributed by atoms with E-state index in [2.05, 4.69) is 58.1 Å². The second-order valence-corrected chi connectivity index (χ2v) is 9.34. The van der Waals surface area contributed by atoms with Crippen LogP contribution in [-0.4, -0.2) is 23.5 Å². The Morgan fingerprint density at radius 1 is 1.03 bits per heavy atom. The molecule has 5 rings (SSSR count). The van der Waals surface area contributed by atoms with Crippen molar-refractivity contribution < 1.29 is 4.79 Å². The number of carbonyl (C=O) groups excluding carboxylic acids is 1. The van der Waals surface area contributed by atoms with Crippen molar-refractivity contribution >= 4 is 38.7 Å². The molecule has 6 nitrogen and oxygen atoms in total. The average molecular weight is 456 g/mol. The first kappa shape index (κ1) is 21.2. The van der Waals surface area contributed by atoms with E-state index in [4.69, 9.17) is 5.73 Å². The second kappa shape index (κ2) is 9.42. The summed E-state index contributed by atoms with van der Waals surface area (Å²) in [4.78, 5) is 13.4. The van der Waals surface area contributed by atoms with Gasteiger partial charge < -0.3 is 11.1 Å². The molecule has 0 saturated heterocycles. The third-order valence-electron chi connectivity index (χ3n) is 5.75. The summed E-state index contributed by atoms with van der Waals surface area (Å²) >= 11 is 1.48. The largest absolute Gasteiger partial charge is 0.397 e. The van der Waals surface area contributed by atoms with Crippen LogP contribution in [0, 0.1) is 0 Å². The molecule has 33 heavy (non-hydrogen) atoms. The highest BCUT2D eigenvalue weighted by Gasteiger charge is 2.20. The fourth-order valence-corrected chi connectivity index (χ4v) is 5.00. The van der Waals surface area contributed by atoms with Crippen LogP contribution in [0.5, 0.6) is 0 Å². The summed E-state index contributed by atoms with van der Waals surface area (Å²) < 4.78 is 1.08. The van der Waals surface area contributed by atoms with Crippen molar-refractivity contribution in [1.29, 1.82) is 0 Å². The van der Waals surface area contributed by atoms with Crippen LogP contribution < -0.4 is 11.1 Å². The molecule has 0 unspecified atom stereocenters. The fourth-order valence-electron chi connectivity index (χ4n) is 3.98. The van der Waals surface area contributed by atoms with Gasteiger partial charge in [0.05, 0.1) is 35.4 Å². The van der Waals surface area contributed by atoms with Gasteiger partial charge in [0.2, 0.25) is 0 Å². The monoisotopic (exact) mass is 455 g/mol. The summed E-state index contributed by atoms with van der Waals surface area (Å²) in [5.74, 6) is -0.148. The van der Waals surface area contributed by atoms with Gasteiger partial charge >= 0.3 is 0 Å². The topological polar surface area (TPSA) is 83.1 Å². The van der Waals surface area contributed by atoms with Crippen molar-refractivity contribution in [3.05, 3.63) is 94.9 Å². The molecule has 1 aliphatic rings. The Morgan fingerprint density at radius 3 is 2.70 bits per heavy atom. The maximum absolute atomic E-state index is 12.7. The number of hydrogen-bond donors (Lipinski definition) is 2. The summed E-state index contributed by atoms with van der Waals surface area (Å²) in [5, 5.41) is 14.8. The number of rotatable bonds is 7. The first-order chi connectivity index (χ1) is 16.1. The maximum Gasteiger partial charge on any atom is 0.265 e. The van der Waals surface area contributed by atoms with Gasteiger partial charge in [0.15, 0.2) is 0 Å². The number of benzene rings is 3. The third kappa shape index (κ3) is 5.04. The molecule has 1 amide bonds. The Labute approximate surface area is 196 Å². The van der Waals surface area contributed by atoms with Gasteiger partial charge in [-0.25, -0.2) is 0 Å². The molecule has 166 valence electrons. The molecule has 0 spiro atoms. The molecule has 4 aromatic rings. The van der Waals surface area contributed by atoms with Crippen molar-refractivity contribution in [2.24, 2.45) is 10.3 Å². The Kier molecular flexibility index (Phi) is 6.04. The standard InChI is InChI=1S/C26H25N5OS/c27-22-8-4-5-9-23(22)28-26(32)25-15-20-12-10-19(14-24(20)33-25)16-31-17-21(29-30-31)13-11-18-6-2-1-3-7-18/h1-10,12,14-15,21H,11,13,16-17,27H2,(H,28,32)/t21-/m1/s1. The number of aryl methyl sites for hydroxylation is 1. The summed E-state index contributed by atoms with van der Waals surface area (Å²) in [5.41, 5.74) is 9.62. The molecular weight excluding hydrogens is 430 g/mol. The molecule has 0 radical (unpaired) electrons. The van der Waals surface area contributed by atoms with Gasteiger partial charge in [0.25, 0.3) is 5.91 Å². The lowest BCUT2D eigenvalue weighted by Crippen LogP contribution is -2.21. The Bertz CT molecular complexity index is 1300. The van der Waals surface area contributed by atoms with E-state index >= 15 is 0 Å². The molecule has 0 saturated carbocycles. The van der Waals surface area contributed by atoms with Crippen molar-refractivity contribution in [2.75, 3.05) is 17.6 Å². The zero-order valence-corrected chi connectivity index (χ0v) is 19.0. The average Bonchev–Trinajstić information content (AvgIpc) is 3.46. The van der Waals surface area contributed by atoms with Gasteiger partial charge in [-0.15, -0.1) is 11.3 Å². The van der Waals surface area contributed by atoms with Crippen molar-refractivity contribution in [1.82, 2.24) is 5.01 Å². The number of nitrogen functional groups attached to an aromatic ring is 1. The minimum Gasteiger partial charge on any atom is -0.397 e. The third-order valence-corrected chi connectivity index (χ3v) is 6.85. The number of amides is 1. The number of nitrogens with two attached hydrogens (primary N) is 1. The zero-order chi connectivity index (χ0) is 22.6. The maximum atomic E-state index is 12.7. The molecule has 0 bridgehead atoms. The van der Waals surface area contributed by atoms with E-state index in [0.717, 1.165) is 35.0 Å². The van der Waals surface area contributed by atoms with Gasteiger partial charge in [-0.05, 0) is 53.6 Å². The summed E-state index contributed by atoms with van der Waals surface area (Å²) in [6.07, 6.45) is 2.01. The summed E-state index contributed by atoms with van der Waals surface area (Å²) in [7, 11) is 0. The summed E-state index contributed by atoms with van der Waals surface area (Å²) in [6.45, 7) is 1.54. The van der Waals surface area contributed by atoms with Crippen LogP contribution in [0.15, 0.2) is 89.2 Å². The Balaban J connectivity index is 1.20. The quantitative estimate of drug-likeness (QED) is 0.339. The normalized spacial score (nSPS) is 15.3. The summed E-state index contributed by atoms with van der Waals surface area (Å²) in [6, 6.07) is 26.2. The lowest BCUT2D eigenvalue weighted by atomic mass is 10.1. The molecule has 3 aromatic carbocycles. The lowest BCUT2D eigenvalue weighted by Gasteiger charge is -2.14. The van der Waals surface area contributed by atoms with Gasteiger partial charge in [-0.1, -0.05) is 59.8 Å². The van der Waals surface area contributed by atoms with E-state index in [1.165, 1.54) is 16.9 Å². The van der Waals surface area contributed by atoms with Crippen LogP contribution in [0.2, 0.25) is 0 Å². The molecule has 1 aliphatic heterocycles. The second-order valence-electron chi connectivity index (χ2n) is 8.25. The predicted octanol–water partition coefficient (Wildman–Crippen LogP) is 5.92. The predicted molar refractivity (Wildman–Crippen MR) is 134 cm³/mol. The van der Waals surface area contributed by atoms with Crippen LogP contribution in [0.4, 0.5) is 11.4 Å². The SMILES string of the molecule is Nc1ccccc1NC(=O)c1cc2ccc(CN3C[C@@H](CCc4ccccc4)N=N3)cc2s1. The van der Waals surface area contributed by atoms with E-state index in [9.17, 15) is 4.79 Å². The molecule has 7 heteroatoms. The highest BCUT2D eigenvalue weighted by Crippen LogP contribution is 2.29. The first-order valence-corrected chi connectivity index (χ1v) is 11.8. The van der Waals surface area contributed by atoms with Gasteiger partial charge in [0, 0.05) is 4.70 Å². The van der Waals surface area contributed by atoms with Crippen LogP contribution in [0.3, 0.4) is 0 Å². The molecular formula is C26H25N5OS. The number of thiophene rings is 1. The van der Waals surface area contributed by atoms with Gasteiger partial charge in [-0.3, -0.25) is 9.80 Å². The van der Waals surface area contributed by atoms with Crippen molar-refractivity contribution in [2.45, 2.75) is 25.4 Å². The van der Waals surface area contributed by atoms with E-state index in [1.54, 1.807) is 12.1 Å². The van der Waals surface area contributed by atoms with E-state index in [1.807, 2.05) is 29.3 Å². The molecule has 0 fully saturated rings. The molecule has 1 aromatic heterocycles. The molecule has 0 aliphatic carbocycles. The fraction of sp³-hybridized carbons (Fsp3) is 0.192. The highest BCUT2D eigenvalue weighted by molar-refractivity contribution is 7.20. The number of carbonyl (C=O) groups is 1. The van der Waals surface area contributed by atoms with Crippen molar-refractivity contribution in [3.8, 4) is 0 Å². The first-order valence-electron chi connectivity index (χ1n) is 11.0. The number of nitrogens with one attached hydrogen (secondary N) is 1. The molecule has 3 N–H and O–H groups in total.